The third-order valence-corrected chi connectivity index (χ3v) is 0.480. The first-order chi connectivity index (χ1) is 3.91. The molecule has 0 unspecified atom stereocenters. The van der Waals surface area contributed by atoms with E-state index in [1.165, 1.54) is 0 Å². The molecular weight excluding hydrogens is 106 g/mol. The molecule has 0 aromatic rings. The molecule has 0 saturated carbocycles. The van der Waals surface area contributed by atoms with Crippen molar-refractivity contribution in [2.75, 3.05) is 6.61 Å². The summed E-state index contributed by atoms with van der Waals surface area (Å²) >= 11 is 0. The van der Waals surface area contributed by atoms with Crippen molar-refractivity contribution in [2.45, 2.75) is 6.42 Å². The molecule has 3 heteroatoms. The molecule has 0 spiro atoms. The fourth-order valence-electron chi connectivity index (χ4n) is 0.203. The van der Waals surface area contributed by atoms with Gasteiger partial charge in [0.05, 0.1) is 6.61 Å². The van der Waals surface area contributed by atoms with Gasteiger partial charge in [0.1, 0.15) is 0 Å². The lowest BCUT2D eigenvalue weighted by atomic mass is 10.5. The van der Waals surface area contributed by atoms with Crippen LogP contribution in [0.1, 0.15) is 6.42 Å². The lowest BCUT2D eigenvalue weighted by Gasteiger charge is -1.93. The number of rotatable bonds is 4. The first-order valence-corrected chi connectivity index (χ1v) is 2.16. The molecule has 0 aliphatic carbocycles. The summed E-state index contributed by atoms with van der Waals surface area (Å²) in [6, 6.07) is 0. The van der Waals surface area contributed by atoms with Crippen LogP contribution in [-0.4, -0.2) is 13.0 Å². The van der Waals surface area contributed by atoms with Crippen LogP contribution < -0.4 is 5.48 Å². The highest BCUT2D eigenvalue weighted by Crippen LogP contribution is 1.71. The fraction of sp³-hybridized carbons (Fsp3) is 0.400. The van der Waals surface area contributed by atoms with E-state index in [9.17, 15) is 4.79 Å². The van der Waals surface area contributed by atoms with Crippen molar-refractivity contribution in [3.63, 3.8) is 0 Å². The van der Waals surface area contributed by atoms with Gasteiger partial charge in [-0.1, -0.05) is 0 Å². The second-order valence-electron chi connectivity index (χ2n) is 1.04. The molecule has 1 amide bonds. The van der Waals surface area contributed by atoms with Gasteiger partial charge in [0, 0.05) is 6.42 Å². The van der Waals surface area contributed by atoms with E-state index in [1.54, 1.807) is 0 Å². The maximum absolute atomic E-state index is 9.48. The maximum atomic E-state index is 9.48. The van der Waals surface area contributed by atoms with E-state index in [4.69, 9.17) is 6.42 Å². The van der Waals surface area contributed by atoms with E-state index in [2.05, 4.69) is 10.8 Å². The molecular formula is C5H7NO2. The second kappa shape index (κ2) is 5.99. The third-order valence-electron chi connectivity index (χ3n) is 0.480. The summed E-state index contributed by atoms with van der Waals surface area (Å²) in [6.07, 6.45) is 5.83. The zero-order valence-corrected chi connectivity index (χ0v) is 4.39. The van der Waals surface area contributed by atoms with E-state index in [0.29, 0.717) is 19.4 Å². The number of amides is 1. The van der Waals surface area contributed by atoms with Crippen molar-refractivity contribution < 1.29 is 9.63 Å². The lowest BCUT2D eigenvalue weighted by molar-refractivity contribution is -0.120. The van der Waals surface area contributed by atoms with E-state index in [-0.39, 0.29) is 0 Å². The average molecular weight is 113 g/mol. The molecule has 1 N–H and O–H groups in total. The molecule has 0 radical (unpaired) electrons. The zero-order valence-electron chi connectivity index (χ0n) is 4.39. The third kappa shape index (κ3) is 4.99. The molecule has 0 atom stereocenters. The van der Waals surface area contributed by atoms with Crippen LogP contribution in [0.25, 0.3) is 0 Å². The Morgan fingerprint density at radius 3 is 3.12 bits per heavy atom. The smallest absolute Gasteiger partial charge is 0.230 e. The van der Waals surface area contributed by atoms with Crippen molar-refractivity contribution in [2.24, 2.45) is 0 Å². The number of carbonyl (C=O) groups excluding carboxylic acids is 1. The second-order valence-corrected chi connectivity index (χ2v) is 1.04. The monoisotopic (exact) mass is 113 g/mol. The number of hydroxylamine groups is 1. The van der Waals surface area contributed by atoms with Gasteiger partial charge in [0.25, 0.3) is 0 Å². The van der Waals surface area contributed by atoms with Gasteiger partial charge >= 0.3 is 0 Å². The van der Waals surface area contributed by atoms with Crippen LogP contribution in [0, 0.1) is 12.3 Å². The van der Waals surface area contributed by atoms with Gasteiger partial charge in [-0.3, -0.25) is 9.63 Å². The minimum Gasteiger partial charge on any atom is -0.277 e. The summed E-state index contributed by atoms with van der Waals surface area (Å²) in [5.41, 5.74) is 2.01. The van der Waals surface area contributed by atoms with Crippen LogP contribution in [0.3, 0.4) is 0 Å². The minimum absolute atomic E-state index is 0.370. The average Bonchev–Trinajstić information content (AvgIpc) is 1.81. The Hall–Kier alpha value is -1.01. The van der Waals surface area contributed by atoms with Crippen LogP contribution in [0.2, 0.25) is 0 Å². The number of nitrogens with one attached hydrogen (secondary N) is 1. The SMILES string of the molecule is C#CCCONC=O. The van der Waals surface area contributed by atoms with Crippen molar-refractivity contribution in [1.29, 1.82) is 0 Å². The molecule has 0 rings (SSSR count). The number of hydrogen-bond acceptors (Lipinski definition) is 2. The molecule has 0 aromatic heterocycles. The summed E-state index contributed by atoms with van der Waals surface area (Å²) in [5.74, 6) is 2.35. The van der Waals surface area contributed by atoms with Gasteiger partial charge < -0.3 is 0 Å². The lowest BCUT2D eigenvalue weighted by Crippen LogP contribution is -2.11. The quantitative estimate of drug-likeness (QED) is 0.235. The highest BCUT2D eigenvalue weighted by atomic mass is 16.6. The molecule has 0 aliphatic rings. The summed E-state index contributed by atoms with van der Waals surface area (Å²) < 4.78 is 0. The van der Waals surface area contributed by atoms with E-state index >= 15 is 0 Å². The normalized spacial score (nSPS) is 7.38. The van der Waals surface area contributed by atoms with E-state index < -0.39 is 0 Å². The van der Waals surface area contributed by atoms with Crippen LogP contribution in [0.15, 0.2) is 0 Å². The predicted molar refractivity (Wildman–Crippen MR) is 28.6 cm³/mol. The van der Waals surface area contributed by atoms with Crippen molar-refractivity contribution in [3.8, 4) is 12.3 Å². The number of terminal acetylenes is 1. The van der Waals surface area contributed by atoms with E-state index in [0.717, 1.165) is 0 Å². The Bertz CT molecular complexity index is 95.1. The van der Waals surface area contributed by atoms with Crippen LogP contribution in [0.4, 0.5) is 0 Å². The molecule has 0 bridgehead atoms. The maximum Gasteiger partial charge on any atom is 0.230 e. The van der Waals surface area contributed by atoms with Gasteiger partial charge in [-0.25, -0.2) is 5.48 Å². The zero-order chi connectivity index (χ0) is 6.24. The first-order valence-electron chi connectivity index (χ1n) is 2.16. The minimum atomic E-state index is 0.370. The Labute approximate surface area is 48.0 Å². The molecule has 0 saturated heterocycles. The highest BCUT2D eigenvalue weighted by Gasteiger charge is 1.77. The highest BCUT2D eigenvalue weighted by molar-refractivity contribution is 5.43. The summed E-state index contributed by atoms with van der Waals surface area (Å²) in [5, 5.41) is 0. The van der Waals surface area contributed by atoms with Crippen LogP contribution in [-0.2, 0) is 9.63 Å². The van der Waals surface area contributed by atoms with Gasteiger partial charge in [-0.2, -0.15) is 0 Å². The molecule has 0 aliphatic heterocycles. The van der Waals surface area contributed by atoms with Gasteiger partial charge in [-0.05, 0) is 0 Å². The van der Waals surface area contributed by atoms with Gasteiger partial charge in [-0.15, -0.1) is 12.3 Å². The van der Waals surface area contributed by atoms with Crippen molar-refractivity contribution in [1.82, 2.24) is 5.48 Å². The standard InChI is InChI=1S/C5H7NO2/c1-2-3-4-8-6-5-7/h1,5H,3-4H2,(H,6,7). The topological polar surface area (TPSA) is 38.3 Å². The first kappa shape index (κ1) is 6.99. The van der Waals surface area contributed by atoms with Gasteiger partial charge in [0.2, 0.25) is 6.41 Å². The largest absolute Gasteiger partial charge is 0.277 e. The molecule has 3 nitrogen and oxygen atoms in total. The fourth-order valence-corrected chi connectivity index (χ4v) is 0.203. The molecule has 0 aromatic carbocycles. The van der Waals surface area contributed by atoms with Crippen LogP contribution in [0.5, 0.6) is 0 Å². The Balaban J connectivity index is 2.74. The number of hydrogen-bond donors (Lipinski definition) is 1. The van der Waals surface area contributed by atoms with Crippen molar-refractivity contribution >= 4 is 6.41 Å². The van der Waals surface area contributed by atoms with Crippen LogP contribution >= 0.6 is 0 Å². The summed E-state index contributed by atoms with van der Waals surface area (Å²) in [7, 11) is 0. The Morgan fingerprint density at radius 2 is 2.62 bits per heavy atom. The van der Waals surface area contributed by atoms with E-state index in [1.807, 2.05) is 5.48 Å². The summed E-state index contributed by atoms with van der Waals surface area (Å²) in [6.45, 7) is 0.370. The molecule has 8 heavy (non-hydrogen) atoms. The molecule has 0 fully saturated rings. The number of carbonyl (C=O) groups is 1. The summed E-state index contributed by atoms with van der Waals surface area (Å²) in [4.78, 5) is 13.9. The van der Waals surface area contributed by atoms with Gasteiger partial charge in [0.15, 0.2) is 0 Å². The molecule has 44 valence electrons. The molecule has 0 heterocycles. The Kier molecular flexibility index (Phi) is 5.23. The van der Waals surface area contributed by atoms with Crippen molar-refractivity contribution in [3.05, 3.63) is 0 Å². The predicted octanol–water partition coefficient (Wildman–Crippen LogP) is -0.313. The Morgan fingerprint density at radius 1 is 1.88 bits per heavy atom.